The number of amides is 1. The maximum Gasteiger partial charge on any atom is 0.333 e. The molecule has 3 aromatic carbocycles. The first-order valence-corrected chi connectivity index (χ1v) is 11.6. The number of anilines is 1. The molecule has 172 valence electrons. The number of ether oxygens (including phenoxy) is 2. The van der Waals surface area contributed by atoms with Gasteiger partial charge in [-0.25, -0.2) is 9.78 Å². The third kappa shape index (κ3) is 5.68. The average Bonchev–Trinajstić information content (AvgIpc) is 3.25. The number of carbonyl (C=O) groups excluding carboxylic acids is 2. The summed E-state index contributed by atoms with van der Waals surface area (Å²) in [5.74, 6) is -0.0812. The number of aromatic nitrogens is 1. The third-order valence-electron chi connectivity index (χ3n) is 4.98. The number of benzene rings is 3. The van der Waals surface area contributed by atoms with Crippen LogP contribution >= 0.6 is 11.3 Å². The zero-order valence-electron chi connectivity index (χ0n) is 19.0. The number of aryl methyl sites for hydroxylation is 1. The molecule has 0 radical (unpaired) electrons. The monoisotopic (exact) mass is 472 g/mol. The molecule has 1 amide bonds. The number of fused-ring (bicyclic) bond motifs is 1. The minimum Gasteiger partial charge on any atom is -0.490 e. The van der Waals surface area contributed by atoms with Gasteiger partial charge in [0.25, 0.3) is 5.91 Å². The molecule has 0 aliphatic carbocycles. The molecular formula is C27H24N2O4S. The number of carbonyl (C=O) groups is 2. The Morgan fingerprint density at radius 1 is 1.00 bits per heavy atom. The molecule has 0 aliphatic rings. The van der Waals surface area contributed by atoms with E-state index in [1.165, 1.54) is 5.56 Å². The van der Waals surface area contributed by atoms with Gasteiger partial charge in [-0.2, -0.15) is 0 Å². The minimum atomic E-state index is -0.446. The Hall–Kier alpha value is -3.97. The van der Waals surface area contributed by atoms with Gasteiger partial charge in [-0.15, -0.1) is 11.3 Å². The number of nitrogens with one attached hydrogen (secondary N) is 1. The van der Waals surface area contributed by atoms with E-state index in [1.54, 1.807) is 42.5 Å². The normalized spacial score (nSPS) is 10.6. The Balaban J connectivity index is 1.32. The van der Waals surface area contributed by atoms with Crippen LogP contribution in [0.5, 0.6) is 5.75 Å². The fraction of sp³-hybridized carbons (Fsp3) is 0.148. The van der Waals surface area contributed by atoms with Crippen LogP contribution in [0.25, 0.3) is 20.8 Å². The van der Waals surface area contributed by atoms with Gasteiger partial charge in [0, 0.05) is 22.4 Å². The van der Waals surface area contributed by atoms with Crippen molar-refractivity contribution in [3.8, 4) is 16.3 Å². The molecule has 0 aliphatic heterocycles. The molecule has 4 rings (SSSR count). The SMILES string of the molecule is C=C(C)C(=O)OCCOc1ccc(C(=O)Nc2ccc(-c3nc4ccc(C)cc4s3)cc2)cc1. The lowest BCUT2D eigenvalue weighted by atomic mass is 10.2. The van der Waals surface area contributed by atoms with Gasteiger partial charge in [0.05, 0.1) is 10.2 Å². The fourth-order valence-electron chi connectivity index (χ4n) is 3.17. The number of thiazole rings is 1. The molecule has 0 fully saturated rings. The van der Waals surface area contributed by atoms with Crippen LogP contribution in [0.3, 0.4) is 0 Å². The van der Waals surface area contributed by atoms with Crippen LogP contribution in [0, 0.1) is 6.92 Å². The summed E-state index contributed by atoms with van der Waals surface area (Å²) in [6, 6.07) is 20.7. The van der Waals surface area contributed by atoms with Crippen molar-refractivity contribution in [2.45, 2.75) is 13.8 Å². The standard InChI is InChI=1S/C27H24N2O4S/c1-17(2)27(31)33-15-14-32-22-11-7-19(8-12-22)25(30)28-21-9-5-20(6-10-21)26-29-23-13-4-18(3)16-24(23)34-26/h4-13,16H,1,14-15H2,2-3H3,(H,28,30). The van der Waals surface area contributed by atoms with Crippen LogP contribution in [0.2, 0.25) is 0 Å². The van der Waals surface area contributed by atoms with E-state index in [1.807, 2.05) is 30.3 Å². The predicted octanol–water partition coefficient (Wildman–Crippen LogP) is 6.02. The van der Waals surface area contributed by atoms with Crippen molar-refractivity contribution in [3.05, 3.63) is 90.0 Å². The van der Waals surface area contributed by atoms with Crippen LogP contribution in [0.1, 0.15) is 22.8 Å². The van der Waals surface area contributed by atoms with Gasteiger partial charge in [0.1, 0.15) is 24.0 Å². The van der Waals surface area contributed by atoms with Crippen molar-refractivity contribution < 1.29 is 19.1 Å². The molecule has 6 nitrogen and oxygen atoms in total. The molecule has 7 heteroatoms. The van der Waals surface area contributed by atoms with Crippen molar-refractivity contribution in [2.75, 3.05) is 18.5 Å². The fourth-order valence-corrected chi connectivity index (χ4v) is 4.24. The van der Waals surface area contributed by atoms with E-state index in [2.05, 4.69) is 31.0 Å². The molecule has 0 bridgehead atoms. The highest BCUT2D eigenvalue weighted by Crippen LogP contribution is 2.31. The first-order chi connectivity index (χ1) is 16.4. The van der Waals surface area contributed by atoms with Gasteiger partial charge in [0.15, 0.2) is 0 Å². The molecule has 1 heterocycles. The maximum atomic E-state index is 12.6. The Morgan fingerprint density at radius 3 is 2.44 bits per heavy atom. The second-order valence-corrected chi connectivity index (χ2v) is 8.84. The van der Waals surface area contributed by atoms with Crippen molar-refractivity contribution in [1.82, 2.24) is 4.98 Å². The van der Waals surface area contributed by atoms with Crippen molar-refractivity contribution in [3.63, 3.8) is 0 Å². The molecule has 0 spiro atoms. The lowest BCUT2D eigenvalue weighted by molar-refractivity contribution is -0.139. The van der Waals surface area contributed by atoms with Crippen LogP contribution < -0.4 is 10.1 Å². The Morgan fingerprint density at radius 2 is 1.74 bits per heavy atom. The summed E-state index contributed by atoms with van der Waals surface area (Å²) in [5, 5.41) is 3.85. The highest BCUT2D eigenvalue weighted by Gasteiger charge is 2.09. The molecule has 0 unspecified atom stereocenters. The predicted molar refractivity (Wildman–Crippen MR) is 135 cm³/mol. The maximum absolute atomic E-state index is 12.6. The van der Waals surface area contributed by atoms with Gasteiger partial charge >= 0.3 is 5.97 Å². The van der Waals surface area contributed by atoms with E-state index in [0.29, 0.717) is 22.6 Å². The molecule has 0 atom stereocenters. The number of hydrogen-bond acceptors (Lipinski definition) is 6. The summed E-state index contributed by atoms with van der Waals surface area (Å²) in [6.07, 6.45) is 0. The average molecular weight is 473 g/mol. The second kappa shape index (κ2) is 10.3. The van der Waals surface area contributed by atoms with E-state index >= 15 is 0 Å². The minimum absolute atomic E-state index is 0.126. The molecule has 0 saturated heterocycles. The summed E-state index contributed by atoms with van der Waals surface area (Å²) in [4.78, 5) is 28.6. The lowest BCUT2D eigenvalue weighted by Gasteiger charge is -2.09. The molecule has 0 saturated carbocycles. The van der Waals surface area contributed by atoms with E-state index in [0.717, 1.165) is 20.8 Å². The first-order valence-electron chi connectivity index (χ1n) is 10.7. The molecule has 34 heavy (non-hydrogen) atoms. The van der Waals surface area contributed by atoms with Gasteiger partial charge in [-0.1, -0.05) is 12.6 Å². The second-order valence-electron chi connectivity index (χ2n) is 7.81. The highest BCUT2D eigenvalue weighted by molar-refractivity contribution is 7.21. The van der Waals surface area contributed by atoms with E-state index in [-0.39, 0.29) is 19.1 Å². The summed E-state index contributed by atoms with van der Waals surface area (Å²) in [5.41, 5.74) is 4.76. The van der Waals surface area contributed by atoms with E-state index < -0.39 is 5.97 Å². The van der Waals surface area contributed by atoms with Crippen LogP contribution in [-0.2, 0) is 9.53 Å². The Kier molecular flexibility index (Phi) is 7.04. The number of nitrogens with zero attached hydrogens (tertiary/aromatic N) is 1. The van der Waals surface area contributed by atoms with E-state index in [9.17, 15) is 9.59 Å². The summed E-state index contributed by atoms with van der Waals surface area (Å²) in [7, 11) is 0. The quantitative estimate of drug-likeness (QED) is 0.193. The summed E-state index contributed by atoms with van der Waals surface area (Å²) >= 11 is 1.65. The molecule has 1 aromatic heterocycles. The van der Waals surface area contributed by atoms with Crippen molar-refractivity contribution >= 4 is 39.1 Å². The molecule has 4 aromatic rings. The highest BCUT2D eigenvalue weighted by atomic mass is 32.1. The van der Waals surface area contributed by atoms with E-state index in [4.69, 9.17) is 14.5 Å². The Bertz CT molecular complexity index is 1340. The zero-order valence-corrected chi connectivity index (χ0v) is 19.8. The molecule has 1 N–H and O–H groups in total. The largest absolute Gasteiger partial charge is 0.490 e. The smallest absolute Gasteiger partial charge is 0.333 e. The zero-order chi connectivity index (χ0) is 24.1. The number of esters is 1. The number of rotatable bonds is 8. The van der Waals surface area contributed by atoms with Crippen molar-refractivity contribution in [1.29, 1.82) is 0 Å². The number of hydrogen-bond donors (Lipinski definition) is 1. The summed E-state index contributed by atoms with van der Waals surface area (Å²) < 4.78 is 11.7. The van der Waals surface area contributed by atoms with Gasteiger partial charge in [-0.3, -0.25) is 4.79 Å². The van der Waals surface area contributed by atoms with Crippen LogP contribution in [0.4, 0.5) is 5.69 Å². The van der Waals surface area contributed by atoms with Crippen LogP contribution in [0.15, 0.2) is 78.9 Å². The summed E-state index contributed by atoms with van der Waals surface area (Å²) in [6.45, 7) is 7.52. The van der Waals surface area contributed by atoms with Gasteiger partial charge < -0.3 is 14.8 Å². The van der Waals surface area contributed by atoms with Crippen molar-refractivity contribution in [2.24, 2.45) is 0 Å². The van der Waals surface area contributed by atoms with Crippen LogP contribution in [-0.4, -0.2) is 30.1 Å². The third-order valence-corrected chi connectivity index (χ3v) is 6.05. The lowest BCUT2D eigenvalue weighted by Crippen LogP contribution is -2.13. The van der Waals surface area contributed by atoms with Gasteiger partial charge in [0.2, 0.25) is 0 Å². The first kappa shape index (κ1) is 23.2. The molecular weight excluding hydrogens is 448 g/mol. The van der Waals surface area contributed by atoms with Gasteiger partial charge in [-0.05, 0) is 80.1 Å². The Labute approximate surface area is 201 Å². The topological polar surface area (TPSA) is 77.5 Å².